The predicted molar refractivity (Wildman–Crippen MR) is 91.2 cm³/mol. The Morgan fingerprint density at radius 1 is 1.28 bits per heavy atom. The molecule has 2 aromatic rings. The Morgan fingerprint density at radius 2 is 2.00 bits per heavy atom. The Labute approximate surface area is 144 Å². The molecule has 0 radical (unpaired) electrons. The zero-order valence-electron chi connectivity index (χ0n) is 14.0. The van der Waals surface area contributed by atoms with Crippen LogP contribution in [-0.4, -0.2) is 41.9 Å². The summed E-state index contributed by atoms with van der Waals surface area (Å²) in [6, 6.07) is 2.91. The Balaban J connectivity index is 2.33. The van der Waals surface area contributed by atoms with Gasteiger partial charge in [-0.1, -0.05) is 5.16 Å². The third kappa shape index (κ3) is 2.91. The molecule has 25 heavy (non-hydrogen) atoms. The summed E-state index contributed by atoms with van der Waals surface area (Å²) in [7, 11) is -3.51. The second kappa shape index (κ2) is 5.99. The van der Waals surface area contributed by atoms with Gasteiger partial charge in [0, 0.05) is 23.8 Å². The maximum absolute atomic E-state index is 12.3. The highest BCUT2D eigenvalue weighted by Gasteiger charge is 2.25. The van der Waals surface area contributed by atoms with Crippen LogP contribution in [0.5, 0.6) is 5.75 Å². The summed E-state index contributed by atoms with van der Waals surface area (Å²) in [5.74, 6) is -0.398. The zero-order chi connectivity index (χ0) is 18.4. The van der Waals surface area contributed by atoms with E-state index < -0.39 is 21.1 Å². The minimum absolute atomic E-state index is 0.113. The van der Waals surface area contributed by atoms with E-state index in [0.29, 0.717) is 41.1 Å². The van der Waals surface area contributed by atoms with Crippen molar-refractivity contribution in [1.82, 2.24) is 9.78 Å². The van der Waals surface area contributed by atoms with Crippen molar-refractivity contribution in [2.75, 3.05) is 12.9 Å². The zero-order valence-corrected chi connectivity index (χ0v) is 14.8. The Bertz CT molecular complexity index is 1050. The molecule has 1 aromatic heterocycles. The molecule has 0 saturated heterocycles. The molecule has 9 heteroatoms. The van der Waals surface area contributed by atoms with Crippen LogP contribution in [0.2, 0.25) is 0 Å². The van der Waals surface area contributed by atoms with Gasteiger partial charge < -0.3 is 9.94 Å². The number of hydrogen-bond acceptors (Lipinski definition) is 7. The standard InChI is InChI=1S/C16H17N3O5S/c1-9-8-17-19(16(21)15(9)20)12-4-5-13(25(3,22)23)14(10(12)2)11-6-7-24-18-11/h4-5,8,20H,6-7H2,1-3H3. The fraction of sp³-hybridized carbons (Fsp3) is 0.312. The predicted octanol–water partition coefficient (Wildman–Crippen LogP) is 1.08. The van der Waals surface area contributed by atoms with Crippen molar-refractivity contribution < 1.29 is 18.4 Å². The van der Waals surface area contributed by atoms with Gasteiger partial charge in [0.15, 0.2) is 15.6 Å². The molecule has 1 aromatic carbocycles. The van der Waals surface area contributed by atoms with Gasteiger partial charge in [0.1, 0.15) is 6.61 Å². The molecule has 0 spiro atoms. The Morgan fingerprint density at radius 3 is 2.60 bits per heavy atom. The summed E-state index contributed by atoms with van der Waals surface area (Å²) >= 11 is 0. The van der Waals surface area contributed by atoms with Crippen LogP contribution in [0.4, 0.5) is 0 Å². The van der Waals surface area contributed by atoms with Gasteiger partial charge >= 0.3 is 5.56 Å². The van der Waals surface area contributed by atoms with E-state index in [2.05, 4.69) is 10.3 Å². The third-order valence-corrected chi connectivity index (χ3v) is 5.19. The van der Waals surface area contributed by atoms with Crippen molar-refractivity contribution >= 4 is 15.5 Å². The van der Waals surface area contributed by atoms with Crippen LogP contribution in [-0.2, 0) is 14.7 Å². The van der Waals surface area contributed by atoms with Crippen LogP contribution in [0.15, 0.2) is 33.2 Å². The lowest BCUT2D eigenvalue weighted by atomic mass is 10.0. The molecule has 0 bridgehead atoms. The summed E-state index contributed by atoms with van der Waals surface area (Å²) < 4.78 is 25.4. The molecular weight excluding hydrogens is 346 g/mol. The Kier molecular flexibility index (Phi) is 4.11. The molecule has 0 atom stereocenters. The van der Waals surface area contributed by atoms with Crippen LogP contribution in [0.3, 0.4) is 0 Å². The summed E-state index contributed by atoms with van der Waals surface area (Å²) in [5.41, 5.74) is 1.49. The molecule has 0 aliphatic carbocycles. The van der Waals surface area contributed by atoms with Gasteiger partial charge in [-0.3, -0.25) is 4.79 Å². The molecule has 1 aliphatic heterocycles. The van der Waals surface area contributed by atoms with E-state index >= 15 is 0 Å². The highest BCUT2D eigenvalue weighted by Crippen LogP contribution is 2.28. The first-order chi connectivity index (χ1) is 11.7. The number of aromatic nitrogens is 2. The lowest BCUT2D eigenvalue weighted by molar-refractivity contribution is 0.174. The molecule has 8 nitrogen and oxygen atoms in total. The lowest BCUT2D eigenvalue weighted by Crippen LogP contribution is -2.23. The van der Waals surface area contributed by atoms with Crippen LogP contribution in [0.25, 0.3) is 5.69 Å². The van der Waals surface area contributed by atoms with E-state index in [4.69, 9.17) is 4.84 Å². The second-order valence-electron chi connectivity index (χ2n) is 5.87. The third-order valence-electron chi connectivity index (χ3n) is 4.05. The molecule has 3 rings (SSSR count). The average molecular weight is 363 g/mol. The monoisotopic (exact) mass is 363 g/mol. The summed E-state index contributed by atoms with van der Waals surface area (Å²) in [6.07, 6.45) is 2.95. The van der Waals surface area contributed by atoms with Crippen molar-refractivity contribution in [3.05, 3.63) is 45.4 Å². The maximum Gasteiger partial charge on any atom is 0.313 e. The van der Waals surface area contributed by atoms with Crippen LogP contribution in [0, 0.1) is 13.8 Å². The average Bonchev–Trinajstić information content (AvgIpc) is 3.06. The number of aryl methyl sites for hydroxylation is 1. The number of aromatic hydroxyl groups is 1. The normalized spacial score (nSPS) is 14.3. The van der Waals surface area contributed by atoms with E-state index in [1.54, 1.807) is 13.8 Å². The number of sulfone groups is 1. The van der Waals surface area contributed by atoms with Gasteiger partial charge in [0.25, 0.3) is 0 Å². The van der Waals surface area contributed by atoms with Gasteiger partial charge in [-0.15, -0.1) is 0 Å². The number of nitrogens with zero attached hydrogens (tertiary/aromatic N) is 3. The van der Waals surface area contributed by atoms with Gasteiger partial charge in [-0.2, -0.15) is 9.78 Å². The Hall–Kier alpha value is -2.68. The molecular formula is C16H17N3O5S. The molecule has 1 aliphatic rings. The van der Waals surface area contributed by atoms with Crippen LogP contribution in [0.1, 0.15) is 23.1 Å². The second-order valence-corrected chi connectivity index (χ2v) is 7.85. The minimum Gasteiger partial charge on any atom is -0.503 e. The number of oxime groups is 1. The van der Waals surface area contributed by atoms with Gasteiger partial charge in [-0.05, 0) is 31.5 Å². The molecule has 2 heterocycles. The van der Waals surface area contributed by atoms with Crippen molar-refractivity contribution in [2.24, 2.45) is 5.16 Å². The molecule has 0 unspecified atom stereocenters. The topological polar surface area (TPSA) is 111 Å². The smallest absolute Gasteiger partial charge is 0.313 e. The number of rotatable bonds is 3. The van der Waals surface area contributed by atoms with E-state index in [-0.39, 0.29) is 4.90 Å². The minimum atomic E-state index is -3.51. The van der Waals surface area contributed by atoms with E-state index in [1.807, 2.05) is 0 Å². The van der Waals surface area contributed by atoms with Crippen LogP contribution < -0.4 is 5.56 Å². The van der Waals surface area contributed by atoms with Crippen molar-refractivity contribution in [3.8, 4) is 11.4 Å². The summed E-state index contributed by atoms with van der Waals surface area (Å²) in [4.78, 5) is 17.5. The van der Waals surface area contributed by atoms with Gasteiger partial charge in [0.05, 0.1) is 22.5 Å². The number of benzene rings is 1. The fourth-order valence-corrected chi connectivity index (χ4v) is 3.71. The van der Waals surface area contributed by atoms with Crippen molar-refractivity contribution in [3.63, 3.8) is 0 Å². The van der Waals surface area contributed by atoms with Crippen molar-refractivity contribution in [1.29, 1.82) is 0 Å². The number of hydrogen-bond donors (Lipinski definition) is 1. The quantitative estimate of drug-likeness (QED) is 0.874. The molecule has 1 N–H and O–H groups in total. The van der Waals surface area contributed by atoms with E-state index in [0.717, 1.165) is 10.9 Å². The lowest BCUT2D eigenvalue weighted by Gasteiger charge is -2.15. The molecule has 132 valence electrons. The summed E-state index contributed by atoms with van der Waals surface area (Å²) in [6.45, 7) is 3.63. The molecule has 0 fully saturated rings. The molecule has 0 saturated carbocycles. The first kappa shape index (κ1) is 17.2. The maximum atomic E-state index is 12.3. The highest BCUT2D eigenvalue weighted by molar-refractivity contribution is 7.90. The largest absolute Gasteiger partial charge is 0.503 e. The molecule has 0 amide bonds. The highest BCUT2D eigenvalue weighted by atomic mass is 32.2. The van der Waals surface area contributed by atoms with Crippen molar-refractivity contribution in [2.45, 2.75) is 25.2 Å². The van der Waals surface area contributed by atoms with Gasteiger partial charge in [-0.25, -0.2) is 8.42 Å². The SMILES string of the molecule is Cc1cnn(-c2ccc(S(C)(=O)=O)c(C3=NOCC3)c2C)c(=O)c1O. The first-order valence-corrected chi connectivity index (χ1v) is 9.42. The first-order valence-electron chi connectivity index (χ1n) is 7.53. The van der Waals surface area contributed by atoms with E-state index in [9.17, 15) is 18.3 Å². The van der Waals surface area contributed by atoms with E-state index in [1.165, 1.54) is 18.3 Å². The summed E-state index contributed by atoms with van der Waals surface area (Å²) in [5, 5.41) is 17.9. The van der Waals surface area contributed by atoms with Gasteiger partial charge in [0.2, 0.25) is 0 Å². The fourth-order valence-electron chi connectivity index (χ4n) is 2.75. The van der Waals surface area contributed by atoms with Crippen LogP contribution >= 0.6 is 0 Å².